The summed E-state index contributed by atoms with van der Waals surface area (Å²) in [6.07, 6.45) is 0. The first kappa shape index (κ1) is 13.5. The molecule has 0 radical (unpaired) electrons. The van der Waals surface area contributed by atoms with Gasteiger partial charge in [0.05, 0.1) is 5.02 Å². The van der Waals surface area contributed by atoms with E-state index in [1.807, 2.05) is 0 Å². The maximum Gasteiger partial charge on any atom is 0.255 e. The van der Waals surface area contributed by atoms with Crippen LogP contribution in [0.15, 0.2) is 51.8 Å². The van der Waals surface area contributed by atoms with Crippen LogP contribution in [0, 0.1) is 0 Å². The third-order valence-electron chi connectivity index (χ3n) is 2.31. The molecule has 0 saturated heterocycles. The van der Waals surface area contributed by atoms with Crippen molar-refractivity contribution in [3.05, 3.63) is 57.5 Å². The molecule has 0 heterocycles. The maximum absolute atomic E-state index is 11.9. The van der Waals surface area contributed by atoms with E-state index in [1.165, 1.54) is 0 Å². The van der Waals surface area contributed by atoms with Crippen molar-refractivity contribution in [2.24, 2.45) is 0 Å². The van der Waals surface area contributed by atoms with Crippen LogP contribution in [0.4, 0.5) is 5.69 Å². The molecular formula is C13H9BrClNOS. The summed E-state index contributed by atoms with van der Waals surface area (Å²) in [6.45, 7) is 0. The molecule has 0 spiro atoms. The van der Waals surface area contributed by atoms with Crippen molar-refractivity contribution in [2.45, 2.75) is 4.90 Å². The molecule has 2 aromatic rings. The summed E-state index contributed by atoms with van der Waals surface area (Å²) in [6, 6.07) is 12.2. The molecule has 0 atom stereocenters. The van der Waals surface area contributed by atoms with Crippen LogP contribution in [-0.4, -0.2) is 5.91 Å². The average Bonchev–Trinajstić information content (AvgIpc) is 2.34. The second kappa shape index (κ2) is 5.78. The first-order chi connectivity index (χ1) is 8.56. The normalized spacial score (nSPS) is 10.2. The van der Waals surface area contributed by atoms with E-state index in [0.29, 0.717) is 16.3 Å². The molecule has 1 amide bonds. The lowest BCUT2D eigenvalue weighted by Crippen LogP contribution is -2.11. The van der Waals surface area contributed by atoms with Gasteiger partial charge in [0.15, 0.2) is 0 Å². The molecule has 2 rings (SSSR count). The maximum atomic E-state index is 11.9. The van der Waals surface area contributed by atoms with Crippen LogP contribution >= 0.6 is 40.2 Å². The van der Waals surface area contributed by atoms with E-state index in [-0.39, 0.29) is 5.91 Å². The zero-order chi connectivity index (χ0) is 13.1. The lowest BCUT2D eigenvalue weighted by Gasteiger charge is -2.06. The summed E-state index contributed by atoms with van der Waals surface area (Å²) in [4.78, 5) is 12.7. The van der Waals surface area contributed by atoms with Gasteiger partial charge >= 0.3 is 0 Å². The van der Waals surface area contributed by atoms with Crippen LogP contribution in [0.3, 0.4) is 0 Å². The highest BCUT2D eigenvalue weighted by Gasteiger charge is 2.06. The third kappa shape index (κ3) is 3.28. The molecule has 0 saturated carbocycles. The molecular weight excluding hydrogens is 334 g/mol. The molecule has 0 fully saturated rings. The Balaban J connectivity index is 2.16. The Bertz CT molecular complexity index is 586. The largest absolute Gasteiger partial charge is 0.322 e. The highest BCUT2D eigenvalue weighted by molar-refractivity contribution is 9.10. The van der Waals surface area contributed by atoms with Gasteiger partial charge in [0.25, 0.3) is 5.91 Å². The predicted octanol–water partition coefficient (Wildman–Crippen LogP) is 4.64. The summed E-state index contributed by atoms with van der Waals surface area (Å²) < 4.78 is 0.793. The number of nitrogens with one attached hydrogen (secondary N) is 1. The summed E-state index contributed by atoms with van der Waals surface area (Å²) in [5.74, 6) is -0.179. The van der Waals surface area contributed by atoms with Crippen molar-refractivity contribution >= 4 is 51.8 Å². The third-order valence-corrected chi connectivity index (χ3v) is 3.84. The molecule has 0 bridgehead atoms. The molecule has 5 heteroatoms. The predicted molar refractivity (Wildman–Crippen MR) is 80.8 cm³/mol. The number of carbonyl (C=O) groups excluding carboxylic acids is 1. The van der Waals surface area contributed by atoms with E-state index >= 15 is 0 Å². The zero-order valence-electron chi connectivity index (χ0n) is 9.15. The second-order valence-corrected chi connectivity index (χ2v) is 5.41. The number of anilines is 1. The number of thiol groups is 1. The fourth-order valence-electron chi connectivity index (χ4n) is 1.39. The highest BCUT2D eigenvalue weighted by atomic mass is 79.9. The van der Waals surface area contributed by atoms with Crippen LogP contribution in [0.2, 0.25) is 5.02 Å². The monoisotopic (exact) mass is 341 g/mol. The van der Waals surface area contributed by atoms with Gasteiger partial charge in [-0.1, -0.05) is 11.6 Å². The Hall–Kier alpha value is -0.970. The summed E-state index contributed by atoms with van der Waals surface area (Å²) >= 11 is 13.4. The van der Waals surface area contributed by atoms with Gasteiger partial charge in [-0.25, -0.2) is 0 Å². The number of halogens is 2. The summed E-state index contributed by atoms with van der Waals surface area (Å²) in [5, 5.41) is 3.33. The van der Waals surface area contributed by atoms with E-state index in [2.05, 4.69) is 33.9 Å². The number of carbonyl (C=O) groups is 1. The Morgan fingerprint density at radius 2 is 1.83 bits per heavy atom. The standard InChI is InChI=1S/C13H9BrClNOS/c14-11-6-3-9(7-12(11)15)16-13(17)8-1-4-10(18)5-2-8/h1-7,18H,(H,16,17). The second-order valence-electron chi connectivity index (χ2n) is 3.63. The molecule has 1 N–H and O–H groups in total. The van der Waals surface area contributed by atoms with Crippen molar-refractivity contribution in [1.82, 2.24) is 0 Å². The highest BCUT2D eigenvalue weighted by Crippen LogP contribution is 2.25. The Kier molecular flexibility index (Phi) is 4.32. The fraction of sp³-hybridized carbons (Fsp3) is 0. The lowest BCUT2D eigenvalue weighted by atomic mass is 10.2. The smallest absolute Gasteiger partial charge is 0.255 e. The lowest BCUT2D eigenvalue weighted by molar-refractivity contribution is 0.102. The van der Waals surface area contributed by atoms with Gasteiger partial charge in [-0.15, -0.1) is 12.6 Å². The van der Waals surface area contributed by atoms with E-state index in [0.717, 1.165) is 9.37 Å². The Labute approximate surface area is 124 Å². The van der Waals surface area contributed by atoms with E-state index in [4.69, 9.17) is 11.6 Å². The van der Waals surface area contributed by atoms with Gasteiger partial charge in [-0.3, -0.25) is 4.79 Å². The van der Waals surface area contributed by atoms with Gasteiger partial charge in [0, 0.05) is 20.6 Å². The first-order valence-corrected chi connectivity index (χ1v) is 6.73. The van der Waals surface area contributed by atoms with Gasteiger partial charge in [-0.05, 0) is 58.4 Å². The minimum Gasteiger partial charge on any atom is -0.322 e. The SMILES string of the molecule is O=C(Nc1ccc(Br)c(Cl)c1)c1ccc(S)cc1. The van der Waals surface area contributed by atoms with Crippen molar-refractivity contribution in [1.29, 1.82) is 0 Å². The van der Waals surface area contributed by atoms with Crippen molar-refractivity contribution < 1.29 is 4.79 Å². The minimum absolute atomic E-state index is 0.179. The number of amides is 1. The topological polar surface area (TPSA) is 29.1 Å². The van der Waals surface area contributed by atoms with Gasteiger partial charge in [0.1, 0.15) is 0 Å². The minimum atomic E-state index is -0.179. The van der Waals surface area contributed by atoms with Crippen LogP contribution in [0.1, 0.15) is 10.4 Å². The molecule has 0 aromatic heterocycles. The van der Waals surface area contributed by atoms with Crippen LogP contribution in [0.25, 0.3) is 0 Å². The number of hydrogen-bond acceptors (Lipinski definition) is 2. The fourth-order valence-corrected chi connectivity index (χ4v) is 1.97. The summed E-state index contributed by atoms with van der Waals surface area (Å²) in [7, 11) is 0. The van der Waals surface area contributed by atoms with Crippen molar-refractivity contribution in [2.75, 3.05) is 5.32 Å². The number of rotatable bonds is 2. The van der Waals surface area contributed by atoms with Gasteiger partial charge in [0.2, 0.25) is 0 Å². The van der Waals surface area contributed by atoms with Crippen LogP contribution < -0.4 is 5.32 Å². The first-order valence-electron chi connectivity index (χ1n) is 5.12. The van der Waals surface area contributed by atoms with E-state index in [9.17, 15) is 4.79 Å². The molecule has 0 aliphatic rings. The zero-order valence-corrected chi connectivity index (χ0v) is 12.4. The molecule has 0 aliphatic carbocycles. The van der Waals surface area contributed by atoms with Gasteiger partial charge < -0.3 is 5.32 Å². The quantitative estimate of drug-likeness (QED) is 0.765. The Morgan fingerprint density at radius 1 is 1.17 bits per heavy atom. The molecule has 18 heavy (non-hydrogen) atoms. The van der Waals surface area contributed by atoms with Gasteiger partial charge in [-0.2, -0.15) is 0 Å². The summed E-state index contributed by atoms with van der Waals surface area (Å²) in [5.41, 5.74) is 1.23. The molecule has 0 aliphatic heterocycles. The molecule has 2 nitrogen and oxygen atoms in total. The van der Waals surface area contributed by atoms with Crippen molar-refractivity contribution in [3.63, 3.8) is 0 Å². The average molecular weight is 343 g/mol. The molecule has 2 aromatic carbocycles. The molecule has 92 valence electrons. The Morgan fingerprint density at radius 3 is 2.44 bits per heavy atom. The number of benzene rings is 2. The van der Waals surface area contributed by atoms with Crippen molar-refractivity contribution in [3.8, 4) is 0 Å². The van der Waals surface area contributed by atoms with E-state index in [1.54, 1.807) is 42.5 Å². The molecule has 0 unspecified atom stereocenters. The van der Waals surface area contributed by atoms with E-state index < -0.39 is 0 Å². The van der Waals surface area contributed by atoms with Crippen LogP contribution in [0.5, 0.6) is 0 Å². The number of hydrogen-bond donors (Lipinski definition) is 2. The van der Waals surface area contributed by atoms with Crippen LogP contribution in [-0.2, 0) is 0 Å².